The molecule has 7 heteroatoms. The van der Waals surface area contributed by atoms with Crippen LogP contribution in [0.15, 0.2) is 48.5 Å². The molecule has 0 fully saturated rings. The van der Waals surface area contributed by atoms with Gasteiger partial charge in [-0.1, -0.05) is 19.1 Å². The highest BCUT2D eigenvalue weighted by atomic mass is 32.2. The lowest BCUT2D eigenvalue weighted by Gasteiger charge is -2.29. The summed E-state index contributed by atoms with van der Waals surface area (Å²) >= 11 is 0. The van der Waals surface area contributed by atoms with Crippen molar-refractivity contribution in [1.29, 1.82) is 0 Å². The molecular formula is C21H27NO5S. The minimum Gasteiger partial charge on any atom is -0.497 e. The van der Waals surface area contributed by atoms with Crippen LogP contribution in [0, 0.1) is 0 Å². The highest BCUT2D eigenvalue weighted by Gasteiger charge is 2.21. The lowest BCUT2D eigenvalue weighted by atomic mass is 10.1. The highest BCUT2D eigenvalue weighted by Crippen LogP contribution is 2.21. The Morgan fingerprint density at radius 2 is 1.75 bits per heavy atom. The van der Waals surface area contributed by atoms with Crippen LogP contribution >= 0.6 is 0 Å². The Labute approximate surface area is 167 Å². The second-order valence-electron chi connectivity index (χ2n) is 6.50. The van der Waals surface area contributed by atoms with E-state index in [4.69, 9.17) is 8.92 Å². The summed E-state index contributed by atoms with van der Waals surface area (Å²) in [5.74, 6) is 0.741. The summed E-state index contributed by atoms with van der Waals surface area (Å²) in [6.07, 6.45) is 0.794. The van der Waals surface area contributed by atoms with Gasteiger partial charge in [-0.25, -0.2) is 0 Å². The SMILES string of the molecule is CC[C@@H](C)N(Cc1cccc(OS(=O)(=O)CC)c1)C(=O)c1ccc(OC)cc1. The first kappa shape index (κ1) is 21.8. The standard InChI is InChI=1S/C21H27NO5S/c1-5-16(3)22(21(23)18-10-12-19(26-4)13-11-18)15-17-8-7-9-20(14-17)27-28(24,25)6-2/h7-14,16H,5-6,15H2,1-4H3/t16-/m1/s1. The van der Waals surface area contributed by atoms with Gasteiger partial charge in [0.1, 0.15) is 11.5 Å². The molecule has 1 atom stereocenters. The number of hydrogen-bond donors (Lipinski definition) is 0. The summed E-state index contributed by atoms with van der Waals surface area (Å²) in [4.78, 5) is 14.8. The molecule has 0 aromatic heterocycles. The molecule has 0 aliphatic heterocycles. The lowest BCUT2D eigenvalue weighted by molar-refractivity contribution is 0.0671. The second kappa shape index (κ2) is 9.59. The maximum atomic E-state index is 13.1. The van der Waals surface area contributed by atoms with Crippen molar-refractivity contribution in [3.05, 3.63) is 59.7 Å². The van der Waals surface area contributed by atoms with E-state index in [1.54, 1.807) is 54.5 Å². The Balaban J connectivity index is 2.25. The number of ether oxygens (including phenoxy) is 1. The van der Waals surface area contributed by atoms with Gasteiger partial charge in [-0.3, -0.25) is 4.79 Å². The van der Waals surface area contributed by atoms with E-state index in [1.165, 1.54) is 6.92 Å². The number of benzene rings is 2. The first-order valence-electron chi connectivity index (χ1n) is 9.25. The zero-order valence-corrected chi connectivity index (χ0v) is 17.5. The fourth-order valence-corrected chi connectivity index (χ4v) is 3.16. The minimum absolute atomic E-state index is 0.0125. The molecule has 0 N–H and O–H groups in total. The Hall–Kier alpha value is -2.54. The van der Waals surface area contributed by atoms with E-state index >= 15 is 0 Å². The van der Waals surface area contributed by atoms with Crippen LogP contribution in [0.4, 0.5) is 0 Å². The van der Waals surface area contributed by atoms with E-state index < -0.39 is 10.1 Å². The van der Waals surface area contributed by atoms with E-state index in [0.717, 1.165) is 12.0 Å². The molecule has 6 nitrogen and oxygen atoms in total. The molecule has 0 radical (unpaired) electrons. The first-order valence-corrected chi connectivity index (χ1v) is 10.8. The number of nitrogens with zero attached hydrogens (tertiary/aromatic N) is 1. The van der Waals surface area contributed by atoms with E-state index in [0.29, 0.717) is 17.9 Å². The molecule has 0 bridgehead atoms. The topological polar surface area (TPSA) is 72.9 Å². The zero-order chi connectivity index (χ0) is 20.7. The molecule has 152 valence electrons. The van der Waals surface area contributed by atoms with Crippen molar-refractivity contribution < 1.29 is 22.1 Å². The summed E-state index contributed by atoms with van der Waals surface area (Å²) in [6, 6.07) is 13.8. The van der Waals surface area contributed by atoms with Crippen molar-refractivity contribution >= 4 is 16.0 Å². The number of methoxy groups -OCH3 is 1. The smallest absolute Gasteiger partial charge is 0.308 e. The van der Waals surface area contributed by atoms with Crippen LogP contribution < -0.4 is 8.92 Å². The van der Waals surface area contributed by atoms with E-state index in [2.05, 4.69) is 0 Å². The number of hydrogen-bond acceptors (Lipinski definition) is 5. The van der Waals surface area contributed by atoms with Crippen molar-refractivity contribution in [2.24, 2.45) is 0 Å². The Kier molecular flexibility index (Phi) is 7.45. The number of carbonyl (C=O) groups excluding carboxylic acids is 1. The quantitative estimate of drug-likeness (QED) is 0.592. The fourth-order valence-electron chi connectivity index (χ4n) is 2.65. The van der Waals surface area contributed by atoms with Gasteiger partial charge in [0.05, 0.1) is 12.9 Å². The molecule has 0 unspecified atom stereocenters. The van der Waals surface area contributed by atoms with Gasteiger partial charge in [0.15, 0.2) is 0 Å². The average Bonchev–Trinajstić information content (AvgIpc) is 2.71. The van der Waals surface area contributed by atoms with Gasteiger partial charge in [0, 0.05) is 18.2 Å². The van der Waals surface area contributed by atoms with Gasteiger partial charge in [0.2, 0.25) is 0 Å². The van der Waals surface area contributed by atoms with Gasteiger partial charge in [-0.05, 0) is 62.2 Å². The Morgan fingerprint density at radius 3 is 2.32 bits per heavy atom. The maximum absolute atomic E-state index is 13.1. The van der Waals surface area contributed by atoms with Crippen LogP contribution in [-0.2, 0) is 16.7 Å². The summed E-state index contributed by atoms with van der Waals surface area (Å²) < 4.78 is 33.6. The Morgan fingerprint density at radius 1 is 1.07 bits per heavy atom. The first-order chi connectivity index (χ1) is 13.3. The molecule has 0 aliphatic rings. The van der Waals surface area contributed by atoms with Crippen molar-refractivity contribution in [3.63, 3.8) is 0 Å². The minimum atomic E-state index is -3.60. The van der Waals surface area contributed by atoms with E-state index in [-0.39, 0.29) is 23.5 Å². The van der Waals surface area contributed by atoms with Crippen LogP contribution in [0.2, 0.25) is 0 Å². The zero-order valence-electron chi connectivity index (χ0n) is 16.7. The largest absolute Gasteiger partial charge is 0.497 e. The predicted molar refractivity (Wildman–Crippen MR) is 109 cm³/mol. The molecule has 0 saturated heterocycles. The molecule has 28 heavy (non-hydrogen) atoms. The molecule has 2 rings (SSSR count). The van der Waals surface area contributed by atoms with E-state index in [1.807, 2.05) is 19.9 Å². The maximum Gasteiger partial charge on any atom is 0.308 e. The molecule has 0 aliphatic carbocycles. The average molecular weight is 406 g/mol. The van der Waals surface area contributed by atoms with Gasteiger partial charge in [0.25, 0.3) is 5.91 Å². The van der Waals surface area contributed by atoms with Crippen LogP contribution in [0.3, 0.4) is 0 Å². The number of amides is 1. The van der Waals surface area contributed by atoms with Gasteiger partial charge >= 0.3 is 10.1 Å². The molecule has 0 saturated carbocycles. The second-order valence-corrected chi connectivity index (χ2v) is 8.36. The molecule has 0 spiro atoms. The normalized spacial score (nSPS) is 12.3. The molecule has 1 amide bonds. The third-order valence-corrected chi connectivity index (χ3v) is 5.70. The van der Waals surface area contributed by atoms with Crippen molar-refractivity contribution in [3.8, 4) is 11.5 Å². The third-order valence-electron chi connectivity index (χ3n) is 4.55. The van der Waals surface area contributed by atoms with Crippen LogP contribution in [-0.4, -0.2) is 38.1 Å². The number of rotatable bonds is 9. The van der Waals surface area contributed by atoms with Crippen LogP contribution in [0.25, 0.3) is 0 Å². The van der Waals surface area contributed by atoms with Gasteiger partial charge < -0.3 is 13.8 Å². The molecule has 2 aromatic carbocycles. The van der Waals surface area contributed by atoms with Gasteiger partial charge in [-0.2, -0.15) is 8.42 Å². The number of carbonyl (C=O) groups is 1. The monoisotopic (exact) mass is 405 g/mol. The van der Waals surface area contributed by atoms with Crippen molar-refractivity contribution in [1.82, 2.24) is 4.90 Å². The lowest BCUT2D eigenvalue weighted by Crippen LogP contribution is -2.37. The predicted octanol–water partition coefficient (Wildman–Crippen LogP) is 3.86. The summed E-state index contributed by atoms with van der Waals surface area (Å²) in [5, 5.41) is 0. The van der Waals surface area contributed by atoms with Crippen LogP contribution in [0.5, 0.6) is 11.5 Å². The summed E-state index contributed by atoms with van der Waals surface area (Å²) in [5.41, 5.74) is 1.37. The Bertz CT molecular complexity index is 893. The van der Waals surface area contributed by atoms with E-state index in [9.17, 15) is 13.2 Å². The van der Waals surface area contributed by atoms with Crippen LogP contribution in [0.1, 0.15) is 43.1 Å². The van der Waals surface area contributed by atoms with Gasteiger partial charge in [-0.15, -0.1) is 0 Å². The third kappa shape index (κ3) is 5.73. The fraction of sp³-hybridized carbons (Fsp3) is 0.381. The summed E-state index contributed by atoms with van der Waals surface area (Å²) in [7, 11) is -2.02. The molecular weight excluding hydrogens is 378 g/mol. The van der Waals surface area contributed by atoms with Crippen molar-refractivity contribution in [2.75, 3.05) is 12.9 Å². The van der Waals surface area contributed by atoms with Crippen molar-refractivity contribution in [2.45, 2.75) is 39.8 Å². The highest BCUT2D eigenvalue weighted by molar-refractivity contribution is 7.87. The summed E-state index contributed by atoms with van der Waals surface area (Å²) in [6.45, 7) is 5.89. The molecule has 2 aromatic rings. The molecule has 0 heterocycles.